The lowest BCUT2D eigenvalue weighted by molar-refractivity contribution is 0.0487. The number of nitrogens with one attached hydrogen (secondary N) is 1. The molecule has 5 nitrogen and oxygen atoms in total. The van der Waals surface area contributed by atoms with Gasteiger partial charge in [-0.3, -0.25) is 0 Å². The Hall–Kier alpha value is -0.200. The molecule has 0 aromatic rings. The van der Waals surface area contributed by atoms with Crippen molar-refractivity contribution in [2.75, 3.05) is 53.3 Å². The van der Waals surface area contributed by atoms with Crippen LogP contribution in [0.3, 0.4) is 0 Å². The van der Waals surface area contributed by atoms with Crippen LogP contribution in [-0.4, -0.2) is 63.9 Å². The van der Waals surface area contributed by atoms with Gasteiger partial charge in [0.1, 0.15) is 0 Å². The first-order valence-electron chi connectivity index (χ1n) is 8.25. The molecule has 1 atom stereocenters. The van der Waals surface area contributed by atoms with Crippen molar-refractivity contribution in [3.63, 3.8) is 0 Å². The van der Waals surface area contributed by atoms with Gasteiger partial charge in [-0.05, 0) is 38.6 Å². The number of rotatable bonds is 16. The van der Waals surface area contributed by atoms with E-state index in [-0.39, 0.29) is 12.1 Å². The molecule has 0 radical (unpaired) electrons. The number of aliphatic hydroxyl groups is 1. The summed E-state index contributed by atoms with van der Waals surface area (Å²) < 4.78 is 15.9. The van der Waals surface area contributed by atoms with Crippen LogP contribution in [0, 0.1) is 0 Å². The van der Waals surface area contributed by atoms with Crippen LogP contribution in [0.15, 0.2) is 0 Å². The first-order valence-corrected chi connectivity index (χ1v) is 8.25. The van der Waals surface area contributed by atoms with Crippen molar-refractivity contribution in [2.45, 2.75) is 51.5 Å². The third-order valence-corrected chi connectivity index (χ3v) is 3.68. The van der Waals surface area contributed by atoms with Gasteiger partial charge in [0, 0.05) is 32.5 Å². The number of methoxy groups -OCH3 is 1. The zero-order valence-corrected chi connectivity index (χ0v) is 14.2. The van der Waals surface area contributed by atoms with E-state index in [1.54, 1.807) is 7.11 Å². The lowest BCUT2D eigenvalue weighted by Gasteiger charge is -2.32. The minimum absolute atomic E-state index is 0.136. The molecule has 0 aliphatic rings. The minimum Gasteiger partial charge on any atom is -0.394 e. The maximum Gasteiger partial charge on any atom is 0.0700 e. The van der Waals surface area contributed by atoms with Crippen LogP contribution in [0.2, 0.25) is 0 Å². The van der Waals surface area contributed by atoms with Gasteiger partial charge in [0.05, 0.1) is 19.8 Å². The highest BCUT2D eigenvalue weighted by Crippen LogP contribution is 2.17. The van der Waals surface area contributed by atoms with Gasteiger partial charge in [-0.15, -0.1) is 0 Å². The van der Waals surface area contributed by atoms with E-state index in [0.717, 1.165) is 58.5 Å². The Morgan fingerprint density at radius 2 is 1.62 bits per heavy atom. The van der Waals surface area contributed by atoms with Gasteiger partial charge in [0.15, 0.2) is 0 Å². The predicted molar refractivity (Wildman–Crippen MR) is 85.8 cm³/mol. The van der Waals surface area contributed by atoms with Crippen LogP contribution in [0.4, 0.5) is 0 Å². The fourth-order valence-corrected chi connectivity index (χ4v) is 2.15. The monoisotopic (exact) mass is 305 g/mol. The maximum atomic E-state index is 9.62. The minimum atomic E-state index is -0.136. The standard InChI is InChI=1S/C16H35NO4/c1-4-9-17-16(5-2,15-18)8-6-10-20-11-7-12-21-14-13-19-3/h17-18H,4-15H2,1-3H3. The Morgan fingerprint density at radius 1 is 0.952 bits per heavy atom. The molecule has 0 rings (SSSR count). The van der Waals surface area contributed by atoms with Gasteiger partial charge >= 0.3 is 0 Å². The summed E-state index contributed by atoms with van der Waals surface area (Å²) in [5.74, 6) is 0. The summed E-state index contributed by atoms with van der Waals surface area (Å²) in [6.07, 6.45) is 4.86. The van der Waals surface area contributed by atoms with Gasteiger partial charge in [-0.1, -0.05) is 13.8 Å². The Bertz CT molecular complexity index is 210. The molecule has 128 valence electrons. The van der Waals surface area contributed by atoms with Crippen LogP contribution in [0.5, 0.6) is 0 Å². The SMILES string of the molecule is CCCNC(CC)(CO)CCCOCCCOCCOC. The summed E-state index contributed by atoms with van der Waals surface area (Å²) in [7, 11) is 1.67. The van der Waals surface area contributed by atoms with Gasteiger partial charge in [-0.25, -0.2) is 0 Å². The highest BCUT2D eigenvalue weighted by atomic mass is 16.5. The third kappa shape index (κ3) is 11.1. The molecule has 5 heteroatoms. The topological polar surface area (TPSA) is 60.0 Å². The molecule has 0 amide bonds. The van der Waals surface area contributed by atoms with Crippen LogP contribution in [0.25, 0.3) is 0 Å². The van der Waals surface area contributed by atoms with E-state index in [1.807, 2.05) is 0 Å². The highest BCUT2D eigenvalue weighted by Gasteiger charge is 2.25. The molecular weight excluding hydrogens is 270 g/mol. The average Bonchev–Trinajstić information content (AvgIpc) is 2.52. The maximum absolute atomic E-state index is 9.62. The van der Waals surface area contributed by atoms with Gasteiger partial charge < -0.3 is 24.6 Å². The molecule has 0 aliphatic heterocycles. The lowest BCUT2D eigenvalue weighted by Crippen LogP contribution is -2.48. The normalized spacial score (nSPS) is 14.3. The highest BCUT2D eigenvalue weighted by molar-refractivity contribution is 4.85. The molecule has 0 aliphatic carbocycles. The Labute approximate surface area is 130 Å². The summed E-state index contributed by atoms with van der Waals surface area (Å²) >= 11 is 0. The van der Waals surface area contributed by atoms with E-state index < -0.39 is 0 Å². The summed E-state index contributed by atoms with van der Waals surface area (Å²) in [5, 5.41) is 13.1. The molecule has 0 spiro atoms. The molecule has 21 heavy (non-hydrogen) atoms. The Morgan fingerprint density at radius 3 is 2.19 bits per heavy atom. The van der Waals surface area contributed by atoms with E-state index in [1.165, 1.54) is 0 Å². The molecule has 0 heterocycles. The summed E-state index contributed by atoms with van der Waals surface area (Å²) in [4.78, 5) is 0. The van der Waals surface area contributed by atoms with Crippen molar-refractivity contribution < 1.29 is 19.3 Å². The zero-order chi connectivity index (χ0) is 15.8. The van der Waals surface area contributed by atoms with Crippen LogP contribution in [0.1, 0.15) is 46.0 Å². The molecule has 0 aromatic carbocycles. The summed E-state index contributed by atoms with van der Waals surface area (Å²) in [5.41, 5.74) is -0.136. The summed E-state index contributed by atoms with van der Waals surface area (Å²) in [6.45, 7) is 8.89. The second-order valence-electron chi connectivity index (χ2n) is 5.39. The Balaban J connectivity index is 3.53. The molecule has 0 fully saturated rings. The van der Waals surface area contributed by atoms with Crippen molar-refractivity contribution in [1.29, 1.82) is 0 Å². The molecule has 0 bridgehead atoms. The predicted octanol–water partition coefficient (Wildman–Crippen LogP) is 1.98. The van der Waals surface area contributed by atoms with Gasteiger partial charge in [-0.2, -0.15) is 0 Å². The first kappa shape index (κ1) is 20.8. The smallest absolute Gasteiger partial charge is 0.0700 e. The second kappa shape index (κ2) is 14.7. The van der Waals surface area contributed by atoms with Crippen molar-refractivity contribution in [3.05, 3.63) is 0 Å². The Kier molecular flexibility index (Phi) is 14.6. The van der Waals surface area contributed by atoms with E-state index in [4.69, 9.17) is 14.2 Å². The van der Waals surface area contributed by atoms with Crippen LogP contribution >= 0.6 is 0 Å². The van der Waals surface area contributed by atoms with Crippen molar-refractivity contribution in [1.82, 2.24) is 5.32 Å². The second-order valence-corrected chi connectivity index (χ2v) is 5.39. The quantitative estimate of drug-likeness (QED) is 0.427. The van der Waals surface area contributed by atoms with Crippen molar-refractivity contribution in [2.24, 2.45) is 0 Å². The molecule has 0 saturated heterocycles. The molecule has 1 unspecified atom stereocenters. The van der Waals surface area contributed by atoms with Crippen molar-refractivity contribution in [3.8, 4) is 0 Å². The van der Waals surface area contributed by atoms with Crippen molar-refractivity contribution >= 4 is 0 Å². The molecule has 0 saturated carbocycles. The van der Waals surface area contributed by atoms with Gasteiger partial charge in [0.2, 0.25) is 0 Å². The largest absolute Gasteiger partial charge is 0.394 e. The molecule has 0 aromatic heterocycles. The number of aliphatic hydroxyl groups excluding tert-OH is 1. The van der Waals surface area contributed by atoms with E-state index in [0.29, 0.717) is 13.2 Å². The lowest BCUT2D eigenvalue weighted by atomic mass is 9.91. The molecule has 2 N–H and O–H groups in total. The van der Waals surface area contributed by atoms with E-state index in [9.17, 15) is 5.11 Å². The first-order chi connectivity index (χ1) is 10.2. The molecular formula is C16H35NO4. The number of ether oxygens (including phenoxy) is 3. The third-order valence-electron chi connectivity index (χ3n) is 3.68. The summed E-state index contributed by atoms with van der Waals surface area (Å²) in [6, 6.07) is 0. The fraction of sp³-hybridized carbons (Fsp3) is 1.00. The van der Waals surface area contributed by atoms with E-state index >= 15 is 0 Å². The van der Waals surface area contributed by atoms with E-state index in [2.05, 4.69) is 19.2 Å². The fourth-order valence-electron chi connectivity index (χ4n) is 2.15. The van der Waals surface area contributed by atoms with Gasteiger partial charge in [0.25, 0.3) is 0 Å². The van der Waals surface area contributed by atoms with Crippen LogP contribution < -0.4 is 5.32 Å². The number of hydrogen-bond donors (Lipinski definition) is 2. The number of hydrogen-bond acceptors (Lipinski definition) is 5. The van der Waals surface area contributed by atoms with Crippen LogP contribution in [-0.2, 0) is 14.2 Å². The zero-order valence-electron chi connectivity index (χ0n) is 14.2. The average molecular weight is 305 g/mol.